The summed E-state index contributed by atoms with van der Waals surface area (Å²) in [5.74, 6) is -0.158. The molecule has 0 radical (unpaired) electrons. The molecule has 0 atom stereocenters. The van der Waals surface area contributed by atoms with E-state index in [9.17, 15) is 9.59 Å². The lowest BCUT2D eigenvalue weighted by Gasteiger charge is -2.42. The molecule has 0 unspecified atom stereocenters. The summed E-state index contributed by atoms with van der Waals surface area (Å²) < 4.78 is 0.707. The number of halogens is 1. The number of hydrogen-bond donors (Lipinski definition) is 1. The van der Waals surface area contributed by atoms with Crippen LogP contribution in [0.2, 0.25) is 0 Å². The number of carbonyl (C=O) groups excluding carboxylic acids is 2. The molecule has 5 heteroatoms. The van der Waals surface area contributed by atoms with Crippen molar-refractivity contribution in [1.82, 2.24) is 0 Å². The van der Waals surface area contributed by atoms with Crippen molar-refractivity contribution >= 4 is 39.1 Å². The molecule has 2 N–H and O–H groups in total. The topological polar surface area (TPSA) is 63.4 Å². The van der Waals surface area contributed by atoms with Crippen LogP contribution >= 0.6 is 15.9 Å². The zero-order chi connectivity index (χ0) is 15.0. The number of rotatable bonds is 1. The molecule has 4 nitrogen and oxygen atoms in total. The Morgan fingerprint density at radius 3 is 2.24 bits per heavy atom. The van der Waals surface area contributed by atoms with Gasteiger partial charge < -0.3 is 5.73 Å². The van der Waals surface area contributed by atoms with Gasteiger partial charge in [0, 0.05) is 23.0 Å². The van der Waals surface area contributed by atoms with Crippen LogP contribution in [-0.2, 0) is 9.59 Å². The molecule has 1 saturated carbocycles. The van der Waals surface area contributed by atoms with Crippen molar-refractivity contribution in [2.75, 3.05) is 10.6 Å². The van der Waals surface area contributed by atoms with E-state index in [1.165, 1.54) is 11.3 Å². The number of nitrogens with two attached hydrogens (primary N) is 1. The van der Waals surface area contributed by atoms with Crippen LogP contribution in [0, 0.1) is 5.41 Å². The van der Waals surface area contributed by atoms with E-state index in [2.05, 4.69) is 15.9 Å². The number of imide groups is 1. The highest BCUT2D eigenvalue weighted by Crippen LogP contribution is 2.46. The van der Waals surface area contributed by atoms with Crippen molar-refractivity contribution < 1.29 is 9.59 Å². The number of benzene rings is 1. The highest BCUT2D eigenvalue weighted by molar-refractivity contribution is 9.10. The van der Waals surface area contributed by atoms with Gasteiger partial charge in [-0.05, 0) is 52.4 Å². The Labute approximate surface area is 132 Å². The molecule has 1 aromatic carbocycles. The minimum atomic E-state index is -0.0789. The summed E-state index contributed by atoms with van der Waals surface area (Å²) in [6.45, 7) is 0. The lowest BCUT2D eigenvalue weighted by Crippen LogP contribution is -2.48. The van der Waals surface area contributed by atoms with Crippen LogP contribution in [0.25, 0.3) is 0 Å². The molecule has 1 aliphatic heterocycles. The van der Waals surface area contributed by atoms with Crippen LogP contribution in [0.15, 0.2) is 22.7 Å². The molecule has 1 aromatic rings. The van der Waals surface area contributed by atoms with Crippen LogP contribution < -0.4 is 10.6 Å². The van der Waals surface area contributed by atoms with E-state index in [0.29, 0.717) is 28.7 Å². The van der Waals surface area contributed by atoms with Gasteiger partial charge in [-0.1, -0.05) is 19.3 Å². The fraction of sp³-hybridized carbons (Fsp3) is 0.500. The standard InChI is InChI=1S/C16H19BrN2O2/c17-12-8-11(4-5-13(12)18)19-14(20)9-16(10-15(19)21)6-2-1-3-7-16/h4-5,8H,1-3,6-7,9-10,18H2. The Hall–Kier alpha value is -1.36. The Bertz CT molecular complexity index is 574. The molecular formula is C16H19BrN2O2. The zero-order valence-corrected chi connectivity index (χ0v) is 13.5. The number of anilines is 2. The average Bonchev–Trinajstić information content (AvgIpc) is 2.42. The monoisotopic (exact) mass is 350 g/mol. The van der Waals surface area contributed by atoms with E-state index in [0.717, 1.165) is 25.7 Å². The van der Waals surface area contributed by atoms with Crippen LogP contribution in [0.5, 0.6) is 0 Å². The van der Waals surface area contributed by atoms with Crippen molar-refractivity contribution in [3.05, 3.63) is 22.7 Å². The van der Waals surface area contributed by atoms with Crippen LogP contribution in [0.1, 0.15) is 44.9 Å². The maximum atomic E-state index is 12.5. The maximum absolute atomic E-state index is 12.5. The highest BCUT2D eigenvalue weighted by atomic mass is 79.9. The number of nitrogens with zero attached hydrogens (tertiary/aromatic N) is 1. The first-order valence-electron chi connectivity index (χ1n) is 7.42. The van der Waals surface area contributed by atoms with Gasteiger partial charge in [0.2, 0.25) is 11.8 Å². The summed E-state index contributed by atoms with van der Waals surface area (Å²) in [7, 11) is 0. The number of piperidine rings is 1. The molecule has 2 fully saturated rings. The molecule has 112 valence electrons. The summed E-state index contributed by atoms with van der Waals surface area (Å²) in [6, 6.07) is 5.18. The average molecular weight is 351 g/mol. The summed E-state index contributed by atoms with van der Waals surface area (Å²) in [6.07, 6.45) is 6.47. The fourth-order valence-electron chi connectivity index (χ4n) is 3.60. The molecule has 2 aliphatic rings. The predicted molar refractivity (Wildman–Crippen MR) is 85.8 cm³/mol. The largest absolute Gasteiger partial charge is 0.398 e. The van der Waals surface area contributed by atoms with Gasteiger partial charge in [-0.25, -0.2) is 0 Å². The molecule has 21 heavy (non-hydrogen) atoms. The van der Waals surface area contributed by atoms with E-state index in [4.69, 9.17) is 5.73 Å². The van der Waals surface area contributed by atoms with Gasteiger partial charge in [0.15, 0.2) is 0 Å². The molecule has 2 amide bonds. The van der Waals surface area contributed by atoms with Gasteiger partial charge in [-0.2, -0.15) is 0 Å². The molecule has 1 spiro atoms. The molecule has 1 aliphatic carbocycles. The van der Waals surface area contributed by atoms with E-state index in [1.807, 2.05) is 0 Å². The first-order valence-corrected chi connectivity index (χ1v) is 8.21. The SMILES string of the molecule is Nc1ccc(N2C(=O)CC3(CCCCC3)CC2=O)cc1Br. The molecule has 1 heterocycles. The summed E-state index contributed by atoms with van der Waals surface area (Å²) in [5, 5.41) is 0. The zero-order valence-electron chi connectivity index (χ0n) is 11.9. The van der Waals surface area contributed by atoms with E-state index < -0.39 is 0 Å². The van der Waals surface area contributed by atoms with E-state index in [1.54, 1.807) is 18.2 Å². The second-order valence-corrected chi connectivity index (χ2v) is 7.10. The quantitative estimate of drug-likeness (QED) is 0.621. The van der Waals surface area contributed by atoms with Crippen LogP contribution in [-0.4, -0.2) is 11.8 Å². The Balaban J connectivity index is 1.86. The Morgan fingerprint density at radius 1 is 1.05 bits per heavy atom. The normalized spacial score (nSPS) is 21.9. The second-order valence-electron chi connectivity index (χ2n) is 6.24. The third-order valence-electron chi connectivity index (χ3n) is 4.71. The lowest BCUT2D eigenvalue weighted by molar-refractivity contribution is -0.134. The van der Waals surface area contributed by atoms with Crippen molar-refractivity contribution in [3.63, 3.8) is 0 Å². The number of nitrogen functional groups attached to an aromatic ring is 1. The summed E-state index contributed by atoms with van der Waals surface area (Å²) in [5.41, 5.74) is 6.89. The van der Waals surface area contributed by atoms with Crippen LogP contribution in [0.4, 0.5) is 11.4 Å². The first kappa shape index (κ1) is 14.6. The lowest BCUT2D eigenvalue weighted by atomic mass is 9.67. The van der Waals surface area contributed by atoms with Crippen molar-refractivity contribution in [2.45, 2.75) is 44.9 Å². The van der Waals surface area contributed by atoms with E-state index in [-0.39, 0.29) is 17.2 Å². The maximum Gasteiger partial charge on any atom is 0.234 e. The predicted octanol–water partition coefficient (Wildman–Crippen LogP) is 3.64. The molecule has 0 bridgehead atoms. The fourth-order valence-corrected chi connectivity index (χ4v) is 3.97. The molecule has 3 rings (SSSR count). The van der Waals surface area contributed by atoms with Crippen LogP contribution in [0.3, 0.4) is 0 Å². The third kappa shape index (κ3) is 2.71. The smallest absolute Gasteiger partial charge is 0.234 e. The minimum Gasteiger partial charge on any atom is -0.398 e. The Morgan fingerprint density at radius 2 is 1.67 bits per heavy atom. The van der Waals surface area contributed by atoms with Crippen molar-refractivity contribution in [1.29, 1.82) is 0 Å². The minimum absolute atomic E-state index is 0.0754. The molecular weight excluding hydrogens is 332 g/mol. The number of amides is 2. The second kappa shape index (κ2) is 5.44. The van der Waals surface area contributed by atoms with Gasteiger partial charge in [0.25, 0.3) is 0 Å². The first-order chi connectivity index (χ1) is 10.0. The molecule has 1 saturated heterocycles. The summed E-state index contributed by atoms with van der Waals surface area (Å²) in [4.78, 5) is 26.4. The third-order valence-corrected chi connectivity index (χ3v) is 5.39. The van der Waals surface area contributed by atoms with Crippen molar-refractivity contribution in [2.24, 2.45) is 5.41 Å². The Kier molecular flexibility index (Phi) is 3.78. The highest BCUT2D eigenvalue weighted by Gasteiger charge is 2.44. The number of carbonyl (C=O) groups is 2. The van der Waals surface area contributed by atoms with Gasteiger partial charge in [0.1, 0.15) is 0 Å². The van der Waals surface area contributed by atoms with Gasteiger partial charge in [0.05, 0.1) is 5.69 Å². The summed E-state index contributed by atoms with van der Waals surface area (Å²) >= 11 is 3.35. The molecule has 0 aromatic heterocycles. The van der Waals surface area contributed by atoms with Gasteiger partial charge in [-0.3, -0.25) is 14.5 Å². The van der Waals surface area contributed by atoms with Gasteiger partial charge in [-0.15, -0.1) is 0 Å². The van der Waals surface area contributed by atoms with Gasteiger partial charge >= 0.3 is 0 Å². The van der Waals surface area contributed by atoms with E-state index >= 15 is 0 Å². The number of hydrogen-bond acceptors (Lipinski definition) is 3. The van der Waals surface area contributed by atoms with Crippen molar-refractivity contribution in [3.8, 4) is 0 Å².